The van der Waals surface area contributed by atoms with Gasteiger partial charge in [0.1, 0.15) is 29.5 Å². The van der Waals surface area contributed by atoms with Crippen molar-refractivity contribution in [1.82, 2.24) is 29.0 Å². The minimum Gasteiger partial charge on any atom is -0.487 e. The minimum absolute atomic E-state index is 0.240. The number of likely N-dealkylation sites (tertiary alicyclic amines) is 1. The molecule has 1 N–H and O–H groups in total. The van der Waals surface area contributed by atoms with E-state index in [9.17, 15) is 9.90 Å². The summed E-state index contributed by atoms with van der Waals surface area (Å²) in [4.78, 5) is 27.8. The van der Waals surface area contributed by atoms with E-state index in [0.29, 0.717) is 28.9 Å². The first-order valence-corrected chi connectivity index (χ1v) is 15.6. The molecule has 0 atom stereocenters. The van der Waals surface area contributed by atoms with Crippen molar-refractivity contribution in [2.24, 2.45) is 0 Å². The van der Waals surface area contributed by atoms with Crippen molar-refractivity contribution in [2.75, 3.05) is 13.1 Å². The summed E-state index contributed by atoms with van der Waals surface area (Å²) in [6.07, 6.45) is 7.05. The number of aryl methyl sites for hydroxylation is 1. The molecular formula is C33H34Cl2N6O4. The Bertz CT molecular complexity index is 1830. The molecule has 0 saturated carbocycles. The lowest BCUT2D eigenvalue weighted by Crippen LogP contribution is -2.46. The van der Waals surface area contributed by atoms with Crippen LogP contribution in [0.25, 0.3) is 11.0 Å². The summed E-state index contributed by atoms with van der Waals surface area (Å²) in [7, 11) is 0. The third-order valence-corrected chi connectivity index (χ3v) is 8.76. The Labute approximate surface area is 271 Å². The predicted octanol–water partition coefficient (Wildman–Crippen LogP) is 6.71. The smallest absolute Gasteiger partial charge is 0.335 e. The van der Waals surface area contributed by atoms with E-state index in [0.717, 1.165) is 66.5 Å². The maximum Gasteiger partial charge on any atom is 0.335 e. The summed E-state index contributed by atoms with van der Waals surface area (Å²) >= 11 is 12.2. The van der Waals surface area contributed by atoms with Crippen molar-refractivity contribution < 1.29 is 19.4 Å². The van der Waals surface area contributed by atoms with Gasteiger partial charge in [-0.15, -0.1) is 0 Å². The Morgan fingerprint density at radius 1 is 1.07 bits per heavy atom. The number of carbonyl (C=O) groups is 1. The van der Waals surface area contributed by atoms with Gasteiger partial charge in [-0.1, -0.05) is 23.2 Å². The normalized spacial score (nSPS) is 14.9. The number of hydrogen-bond donors (Lipinski definition) is 1. The van der Waals surface area contributed by atoms with Crippen molar-refractivity contribution in [3.8, 4) is 11.5 Å². The largest absolute Gasteiger partial charge is 0.487 e. The standard InChI is InChI=1S/C33H34Cl2N6O4/c1-3-40-21-36-17-25(40)18-41-29-14-22(32(42)43)4-6-28(29)38-31(41)19-39-12-9-33(2,10-13-39)45-26-8-11-37-24(16-26)20-44-30-7-5-23(34)15-27(30)35/h4-8,11,14-17,21H,3,9-10,12-13,18-20H2,1-2H3,(H,42,43). The van der Waals surface area contributed by atoms with Gasteiger partial charge in [0.25, 0.3) is 0 Å². The van der Waals surface area contributed by atoms with E-state index in [4.69, 9.17) is 37.7 Å². The summed E-state index contributed by atoms with van der Waals surface area (Å²) in [5.41, 5.74) is 3.24. The fourth-order valence-corrected chi connectivity index (χ4v) is 6.11. The Hall–Kier alpha value is -4.12. The van der Waals surface area contributed by atoms with Crippen LogP contribution in [0, 0.1) is 0 Å². The number of hydrogen-bond acceptors (Lipinski definition) is 7. The molecule has 234 valence electrons. The number of imidazole rings is 2. The van der Waals surface area contributed by atoms with Crippen molar-refractivity contribution in [2.45, 2.75) is 58.5 Å². The molecule has 1 aliphatic rings. The third kappa shape index (κ3) is 7.08. The molecule has 0 radical (unpaired) electrons. The van der Waals surface area contributed by atoms with Crippen molar-refractivity contribution in [1.29, 1.82) is 0 Å². The number of rotatable bonds is 11. The number of ether oxygens (including phenoxy) is 2. The lowest BCUT2D eigenvalue weighted by Gasteiger charge is -2.39. The zero-order valence-electron chi connectivity index (χ0n) is 25.1. The number of pyridine rings is 1. The van der Waals surface area contributed by atoms with Gasteiger partial charge in [0, 0.05) is 43.1 Å². The Morgan fingerprint density at radius 2 is 1.89 bits per heavy atom. The van der Waals surface area contributed by atoms with Gasteiger partial charge in [0.05, 0.1) is 52.4 Å². The summed E-state index contributed by atoms with van der Waals surface area (Å²) < 4.78 is 16.6. The second-order valence-electron chi connectivity index (χ2n) is 11.5. The van der Waals surface area contributed by atoms with Crippen LogP contribution >= 0.6 is 23.2 Å². The van der Waals surface area contributed by atoms with Gasteiger partial charge in [-0.3, -0.25) is 9.88 Å². The van der Waals surface area contributed by atoms with Crippen LogP contribution in [0.15, 0.2) is 67.3 Å². The van der Waals surface area contributed by atoms with Gasteiger partial charge in [0.2, 0.25) is 0 Å². The molecule has 1 fully saturated rings. The molecule has 0 unspecified atom stereocenters. The number of benzene rings is 2. The van der Waals surface area contributed by atoms with E-state index in [-0.39, 0.29) is 17.8 Å². The maximum absolute atomic E-state index is 11.7. The van der Waals surface area contributed by atoms with E-state index in [1.54, 1.807) is 42.6 Å². The first-order valence-electron chi connectivity index (χ1n) is 14.9. The summed E-state index contributed by atoms with van der Waals surface area (Å²) in [5, 5.41) is 10.6. The van der Waals surface area contributed by atoms with Gasteiger partial charge in [-0.05, 0) is 69.2 Å². The van der Waals surface area contributed by atoms with Crippen LogP contribution in [-0.4, -0.2) is 58.8 Å². The third-order valence-electron chi connectivity index (χ3n) is 8.23. The van der Waals surface area contributed by atoms with Gasteiger partial charge in [-0.25, -0.2) is 14.8 Å². The second-order valence-corrected chi connectivity index (χ2v) is 12.3. The Morgan fingerprint density at radius 3 is 2.64 bits per heavy atom. The summed E-state index contributed by atoms with van der Waals surface area (Å²) in [6, 6.07) is 14.0. The first kappa shape index (κ1) is 30.9. The molecule has 3 aromatic heterocycles. The second kappa shape index (κ2) is 13.1. The van der Waals surface area contributed by atoms with Gasteiger partial charge in [0.15, 0.2) is 0 Å². The fourth-order valence-electron chi connectivity index (χ4n) is 5.64. The van der Waals surface area contributed by atoms with Crippen LogP contribution in [0.3, 0.4) is 0 Å². The lowest BCUT2D eigenvalue weighted by atomic mass is 9.93. The highest BCUT2D eigenvalue weighted by molar-refractivity contribution is 6.35. The number of nitrogens with zero attached hydrogens (tertiary/aromatic N) is 6. The zero-order chi connectivity index (χ0) is 31.6. The number of carboxylic acids is 1. The predicted molar refractivity (Wildman–Crippen MR) is 172 cm³/mol. The lowest BCUT2D eigenvalue weighted by molar-refractivity contribution is 0.0133. The minimum atomic E-state index is -0.958. The highest BCUT2D eigenvalue weighted by Gasteiger charge is 2.33. The van der Waals surface area contributed by atoms with Crippen LogP contribution in [0.1, 0.15) is 54.3 Å². The molecule has 0 aliphatic carbocycles. The van der Waals surface area contributed by atoms with E-state index in [1.165, 1.54) is 0 Å². The van der Waals surface area contributed by atoms with Crippen molar-refractivity contribution in [3.05, 3.63) is 100 Å². The molecule has 1 aliphatic heterocycles. The molecule has 0 spiro atoms. The first-order chi connectivity index (χ1) is 21.7. The number of halogens is 2. The van der Waals surface area contributed by atoms with Crippen LogP contribution < -0.4 is 9.47 Å². The van der Waals surface area contributed by atoms with Gasteiger partial charge in [-0.2, -0.15) is 0 Å². The van der Waals surface area contributed by atoms with E-state index in [2.05, 4.69) is 37.8 Å². The topological polar surface area (TPSA) is 108 Å². The van der Waals surface area contributed by atoms with Gasteiger partial charge >= 0.3 is 5.97 Å². The van der Waals surface area contributed by atoms with Crippen LogP contribution in [-0.2, 0) is 26.2 Å². The number of aromatic nitrogens is 5. The zero-order valence-corrected chi connectivity index (χ0v) is 26.6. The van der Waals surface area contributed by atoms with E-state index >= 15 is 0 Å². The van der Waals surface area contributed by atoms with Crippen LogP contribution in [0.2, 0.25) is 10.0 Å². The van der Waals surface area contributed by atoms with Crippen molar-refractivity contribution in [3.63, 3.8) is 0 Å². The number of fused-ring (bicyclic) bond motifs is 1. The average Bonchev–Trinajstić information content (AvgIpc) is 3.61. The highest BCUT2D eigenvalue weighted by atomic mass is 35.5. The van der Waals surface area contributed by atoms with E-state index < -0.39 is 5.97 Å². The Kier molecular flexibility index (Phi) is 8.98. The molecule has 12 heteroatoms. The molecule has 5 aromatic rings. The fraction of sp³-hybridized carbons (Fsp3) is 0.333. The van der Waals surface area contributed by atoms with Crippen LogP contribution in [0.4, 0.5) is 0 Å². The quantitative estimate of drug-likeness (QED) is 0.168. The SMILES string of the molecule is CCn1cncc1Cn1c(CN2CCC(C)(Oc3ccnc(COc4ccc(Cl)cc4Cl)c3)CC2)nc2ccc(C(=O)O)cc21. The molecule has 4 heterocycles. The monoisotopic (exact) mass is 648 g/mol. The summed E-state index contributed by atoms with van der Waals surface area (Å²) in [5.74, 6) is 1.21. The molecular weight excluding hydrogens is 615 g/mol. The highest BCUT2D eigenvalue weighted by Crippen LogP contribution is 2.31. The number of aromatic carboxylic acids is 1. The molecule has 0 amide bonds. The van der Waals surface area contributed by atoms with Crippen LogP contribution in [0.5, 0.6) is 11.5 Å². The molecule has 6 rings (SSSR count). The number of piperidine rings is 1. The number of carboxylic acid groups (broad SMARTS) is 1. The molecule has 45 heavy (non-hydrogen) atoms. The molecule has 1 saturated heterocycles. The van der Waals surface area contributed by atoms with Gasteiger partial charge < -0.3 is 23.7 Å². The Balaban J connectivity index is 1.13. The van der Waals surface area contributed by atoms with Crippen molar-refractivity contribution >= 4 is 40.2 Å². The molecule has 2 aromatic carbocycles. The summed E-state index contributed by atoms with van der Waals surface area (Å²) in [6.45, 7) is 8.09. The maximum atomic E-state index is 11.7. The van der Waals surface area contributed by atoms with E-state index in [1.807, 2.05) is 24.7 Å². The molecule has 0 bridgehead atoms. The molecule has 10 nitrogen and oxygen atoms in total. The average molecular weight is 650 g/mol.